The van der Waals surface area contributed by atoms with Gasteiger partial charge in [-0.15, -0.1) is 0 Å². The second-order valence-corrected chi connectivity index (χ2v) is 8.71. The Morgan fingerprint density at radius 3 is 2.77 bits per heavy atom. The number of hydrogen-bond donors (Lipinski definition) is 4. The number of para-hydroxylation sites is 1. The summed E-state index contributed by atoms with van der Waals surface area (Å²) in [6, 6.07) is 12.6. The molecule has 0 saturated heterocycles. The molecule has 0 atom stereocenters. The Hall–Kier alpha value is -3.21. The summed E-state index contributed by atoms with van der Waals surface area (Å²) >= 11 is 6.24. The Labute approximate surface area is 177 Å². The molecule has 0 amide bonds. The zero-order chi connectivity index (χ0) is 21.3. The number of fused-ring (bicyclic) bond motifs is 1. The summed E-state index contributed by atoms with van der Waals surface area (Å²) in [6.45, 7) is 1.95. The number of rotatable bonds is 6. The van der Waals surface area contributed by atoms with E-state index < -0.39 is 10.0 Å². The lowest BCUT2D eigenvalue weighted by Crippen LogP contribution is -2.15. The third-order valence-electron chi connectivity index (χ3n) is 4.37. The summed E-state index contributed by atoms with van der Waals surface area (Å²) in [5.41, 5.74) is 3.61. The van der Waals surface area contributed by atoms with Crippen molar-refractivity contribution in [2.24, 2.45) is 5.14 Å². The van der Waals surface area contributed by atoms with E-state index in [1.807, 2.05) is 25.1 Å². The number of nitrogens with two attached hydrogens (primary N) is 1. The highest BCUT2D eigenvalue weighted by Crippen LogP contribution is 2.28. The first kappa shape index (κ1) is 20.1. The van der Waals surface area contributed by atoms with E-state index in [0.717, 1.165) is 22.3 Å². The number of benzene rings is 2. The maximum absolute atomic E-state index is 11.5. The first-order chi connectivity index (χ1) is 14.3. The number of hydrogen-bond acceptors (Lipinski definition) is 7. The molecule has 0 fully saturated rings. The predicted octanol–water partition coefficient (Wildman–Crippen LogP) is 3.59. The van der Waals surface area contributed by atoms with Gasteiger partial charge in [-0.05, 0) is 36.8 Å². The number of aromatic nitrogens is 4. The molecule has 9 nitrogen and oxygen atoms in total. The van der Waals surface area contributed by atoms with E-state index in [1.165, 1.54) is 6.20 Å². The molecule has 0 aliphatic carbocycles. The average Bonchev–Trinajstić information content (AvgIpc) is 3.05. The molecule has 4 aromatic rings. The van der Waals surface area contributed by atoms with Crippen LogP contribution in [-0.2, 0) is 15.8 Å². The minimum Gasteiger partial charge on any atom is -0.339 e. The first-order valence-electron chi connectivity index (χ1n) is 8.88. The summed E-state index contributed by atoms with van der Waals surface area (Å²) in [5, 5.41) is 19.9. The van der Waals surface area contributed by atoms with Crippen molar-refractivity contribution in [1.29, 1.82) is 0 Å². The van der Waals surface area contributed by atoms with E-state index in [0.29, 0.717) is 23.0 Å². The fraction of sp³-hybridized carbons (Fsp3) is 0.105. The van der Waals surface area contributed by atoms with Gasteiger partial charge in [0.2, 0.25) is 16.0 Å². The summed E-state index contributed by atoms with van der Waals surface area (Å²) in [4.78, 5) is 8.62. The van der Waals surface area contributed by atoms with Crippen molar-refractivity contribution in [1.82, 2.24) is 20.2 Å². The lowest BCUT2D eigenvalue weighted by atomic mass is 10.2. The van der Waals surface area contributed by atoms with Crippen LogP contribution in [0.25, 0.3) is 10.9 Å². The number of aromatic amines is 1. The highest BCUT2D eigenvalue weighted by molar-refractivity contribution is 7.88. The van der Waals surface area contributed by atoms with Gasteiger partial charge in [0, 0.05) is 22.5 Å². The van der Waals surface area contributed by atoms with Gasteiger partial charge in [-0.2, -0.15) is 10.1 Å². The molecule has 154 valence electrons. The second-order valence-electron chi connectivity index (χ2n) is 6.69. The van der Waals surface area contributed by atoms with Crippen LogP contribution in [0.2, 0.25) is 5.02 Å². The molecule has 0 spiro atoms. The quantitative estimate of drug-likeness (QED) is 0.357. The van der Waals surface area contributed by atoms with Crippen LogP contribution < -0.4 is 15.8 Å². The van der Waals surface area contributed by atoms with Gasteiger partial charge in [-0.3, -0.25) is 5.10 Å². The number of nitrogens with one attached hydrogen (secondary N) is 3. The molecule has 2 aromatic heterocycles. The number of halogens is 1. The molecule has 5 N–H and O–H groups in total. The van der Waals surface area contributed by atoms with Gasteiger partial charge < -0.3 is 10.6 Å². The van der Waals surface area contributed by atoms with Crippen molar-refractivity contribution in [2.45, 2.75) is 12.7 Å². The molecule has 4 rings (SSSR count). The van der Waals surface area contributed by atoms with Gasteiger partial charge >= 0.3 is 0 Å². The molecule has 11 heteroatoms. The Kier molecular flexibility index (Phi) is 5.29. The van der Waals surface area contributed by atoms with Gasteiger partial charge in [0.1, 0.15) is 5.02 Å². The smallest absolute Gasteiger partial charge is 0.229 e. The Morgan fingerprint density at radius 1 is 1.17 bits per heavy atom. The topological polar surface area (TPSA) is 139 Å². The van der Waals surface area contributed by atoms with Crippen molar-refractivity contribution in [2.75, 3.05) is 10.6 Å². The van der Waals surface area contributed by atoms with Crippen LogP contribution >= 0.6 is 11.6 Å². The summed E-state index contributed by atoms with van der Waals surface area (Å²) in [5.74, 6) is 0.331. The van der Waals surface area contributed by atoms with Crippen LogP contribution in [0.3, 0.4) is 0 Å². The molecular weight excluding hydrogens is 426 g/mol. The number of aryl methyl sites for hydroxylation is 1. The Morgan fingerprint density at radius 2 is 1.97 bits per heavy atom. The van der Waals surface area contributed by atoms with Crippen LogP contribution in [0.1, 0.15) is 11.3 Å². The fourth-order valence-electron chi connectivity index (χ4n) is 2.98. The van der Waals surface area contributed by atoms with Crippen LogP contribution in [0.4, 0.5) is 23.1 Å². The van der Waals surface area contributed by atoms with Crippen LogP contribution in [-0.4, -0.2) is 28.6 Å². The van der Waals surface area contributed by atoms with Gasteiger partial charge in [0.15, 0.2) is 5.82 Å². The summed E-state index contributed by atoms with van der Waals surface area (Å²) in [6.07, 6.45) is 1.46. The van der Waals surface area contributed by atoms with E-state index in [1.54, 1.807) is 24.3 Å². The molecule has 0 bridgehead atoms. The lowest BCUT2D eigenvalue weighted by Gasteiger charge is -2.13. The minimum atomic E-state index is -3.69. The minimum absolute atomic E-state index is 0.282. The zero-order valence-corrected chi connectivity index (χ0v) is 17.4. The van der Waals surface area contributed by atoms with Gasteiger partial charge in [-0.1, -0.05) is 29.8 Å². The fourth-order valence-corrected chi connectivity index (χ4v) is 3.80. The standard InChI is InChI=1S/C19H18ClN7O2S/c1-11-14-7-6-13(8-17(14)27-26-11)23-19-22-9-15(20)18(25-19)24-16-5-3-2-4-12(16)10-30(21,28)29/h2-9H,10H2,1H3,(H,26,27)(H2,21,28,29)(H2,22,23,24,25). The lowest BCUT2D eigenvalue weighted by molar-refractivity contribution is 0.597. The van der Waals surface area contributed by atoms with E-state index in [9.17, 15) is 8.42 Å². The highest BCUT2D eigenvalue weighted by atomic mass is 35.5. The largest absolute Gasteiger partial charge is 0.339 e. The van der Waals surface area contributed by atoms with Crippen molar-refractivity contribution in [3.8, 4) is 0 Å². The zero-order valence-electron chi connectivity index (χ0n) is 15.8. The molecular formula is C19H18ClN7O2S. The number of anilines is 4. The molecule has 0 unspecified atom stereocenters. The molecule has 30 heavy (non-hydrogen) atoms. The number of sulfonamides is 1. The molecule has 2 heterocycles. The van der Waals surface area contributed by atoms with E-state index in [-0.39, 0.29) is 10.8 Å². The number of primary sulfonamides is 1. The summed E-state index contributed by atoms with van der Waals surface area (Å²) < 4.78 is 23.0. The number of nitrogens with zero attached hydrogens (tertiary/aromatic N) is 3. The predicted molar refractivity (Wildman–Crippen MR) is 118 cm³/mol. The molecule has 0 aliphatic rings. The molecule has 0 radical (unpaired) electrons. The molecule has 2 aromatic carbocycles. The Bertz CT molecular complexity index is 1340. The average molecular weight is 444 g/mol. The number of H-pyrrole nitrogens is 1. The van der Waals surface area contributed by atoms with Crippen LogP contribution in [0.5, 0.6) is 0 Å². The molecule has 0 saturated carbocycles. The van der Waals surface area contributed by atoms with Crippen molar-refractivity contribution < 1.29 is 8.42 Å². The van der Waals surface area contributed by atoms with Crippen molar-refractivity contribution in [3.63, 3.8) is 0 Å². The Balaban J connectivity index is 1.61. The van der Waals surface area contributed by atoms with E-state index >= 15 is 0 Å². The van der Waals surface area contributed by atoms with Gasteiger partial charge in [0.05, 0.1) is 17.5 Å². The van der Waals surface area contributed by atoms with E-state index in [2.05, 4.69) is 30.8 Å². The van der Waals surface area contributed by atoms with Crippen molar-refractivity contribution in [3.05, 3.63) is 64.9 Å². The van der Waals surface area contributed by atoms with Gasteiger partial charge in [0.25, 0.3) is 0 Å². The van der Waals surface area contributed by atoms with Crippen LogP contribution in [0, 0.1) is 6.92 Å². The maximum atomic E-state index is 11.5. The monoisotopic (exact) mass is 443 g/mol. The van der Waals surface area contributed by atoms with Crippen molar-refractivity contribution >= 4 is 55.7 Å². The third-order valence-corrected chi connectivity index (χ3v) is 5.36. The first-order valence-corrected chi connectivity index (χ1v) is 11.0. The second kappa shape index (κ2) is 7.90. The molecule has 0 aliphatic heterocycles. The van der Waals surface area contributed by atoms with Gasteiger partial charge in [-0.25, -0.2) is 18.5 Å². The SMILES string of the molecule is Cc1[nH]nc2cc(Nc3ncc(Cl)c(Nc4ccccc4CS(N)(=O)=O)n3)ccc12. The summed E-state index contributed by atoms with van der Waals surface area (Å²) in [7, 11) is -3.69. The maximum Gasteiger partial charge on any atom is 0.229 e. The highest BCUT2D eigenvalue weighted by Gasteiger charge is 2.13. The normalized spacial score (nSPS) is 11.6. The van der Waals surface area contributed by atoms with Crippen LogP contribution in [0.15, 0.2) is 48.7 Å². The third kappa shape index (κ3) is 4.51. The van der Waals surface area contributed by atoms with E-state index in [4.69, 9.17) is 16.7 Å².